The highest BCUT2D eigenvalue weighted by atomic mass is 16.5. The Bertz CT molecular complexity index is 201. The van der Waals surface area contributed by atoms with Gasteiger partial charge in [0.25, 0.3) is 0 Å². The van der Waals surface area contributed by atoms with Crippen molar-refractivity contribution in [1.82, 2.24) is 5.32 Å². The molecule has 3 heteroatoms. The van der Waals surface area contributed by atoms with Crippen molar-refractivity contribution in [1.29, 1.82) is 0 Å². The van der Waals surface area contributed by atoms with Crippen LogP contribution in [0.5, 0.6) is 0 Å². The van der Waals surface area contributed by atoms with Crippen LogP contribution in [0.25, 0.3) is 0 Å². The van der Waals surface area contributed by atoms with E-state index in [4.69, 9.17) is 4.74 Å². The molecule has 2 bridgehead atoms. The van der Waals surface area contributed by atoms with Gasteiger partial charge in [-0.3, -0.25) is 4.79 Å². The lowest BCUT2D eigenvalue weighted by molar-refractivity contribution is -0.133. The SMILES string of the molecule is CCOC12CC[C@@H](C1)NC(=O)C2. The van der Waals surface area contributed by atoms with Gasteiger partial charge in [0.15, 0.2) is 0 Å². The first-order valence-electron chi connectivity index (χ1n) is 4.67. The zero-order chi connectivity index (χ0) is 8.60. The minimum absolute atomic E-state index is 0.0955. The first-order chi connectivity index (χ1) is 5.74. The second-order valence-electron chi connectivity index (χ2n) is 3.80. The van der Waals surface area contributed by atoms with E-state index in [9.17, 15) is 4.79 Å². The molecule has 3 nitrogen and oxygen atoms in total. The van der Waals surface area contributed by atoms with Gasteiger partial charge in [-0.25, -0.2) is 0 Å². The van der Waals surface area contributed by atoms with E-state index in [0.717, 1.165) is 25.9 Å². The normalized spacial score (nSPS) is 39.8. The minimum Gasteiger partial charge on any atom is -0.375 e. The van der Waals surface area contributed by atoms with Gasteiger partial charge in [-0.05, 0) is 26.2 Å². The first-order valence-corrected chi connectivity index (χ1v) is 4.67. The number of piperidine rings is 1. The number of carbonyl (C=O) groups is 1. The number of fused-ring (bicyclic) bond motifs is 2. The number of carbonyl (C=O) groups excluding carboxylic acids is 1. The molecule has 0 aromatic rings. The van der Waals surface area contributed by atoms with E-state index in [-0.39, 0.29) is 11.5 Å². The molecule has 68 valence electrons. The molecule has 0 radical (unpaired) electrons. The van der Waals surface area contributed by atoms with E-state index in [0.29, 0.717) is 12.5 Å². The first kappa shape index (κ1) is 8.05. The molecule has 2 atom stereocenters. The summed E-state index contributed by atoms with van der Waals surface area (Å²) in [5, 5.41) is 2.97. The maximum Gasteiger partial charge on any atom is 0.223 e. The molecule has 1 N–H and O–H groups in total. The second kappa shape index (κ2) is 2.73. The fourth-order valence-corrected chi connectivity index (χ4v) is 2.43. The molecule has 1 aliphatic heterocycles. The zero-order valence-electron chi connectivity index (χ0n) is 7.43. The summed E-state index contributed by atoms with van der Waals surface area (Å²) in [7, 11) is 0. The number of amides is 1. The number of rotatable bonds is 2. The lowest BCUT2D eigenvalue weighted by Gasteiger charge is -2.32. The third-order valence-electron chi connectivity index (χ3n) is 2.87. The van der Waals surface area contributed by atoms with E-state index in [2.05, 4.69) is 5.32 Å². The maximum atomic E-state index is 11.2. The van der Waals surface area contributed by atoms with E-state index in [1.54, 1.807) is 0 Å². The van der Waals surface area contributed by atoms with Crippen LogP contribution in [0.4, 0.5) is 0 Å². The summed E-state index contributed by atoms with van der Waals surface area (Å²) < 4.78 is 5.67. The van der Waals surface area contributed by atoms with E-state index in [1.165, 1.54) is 0 Å². The molecule has 1 heterocycles. The van der Waals surface area contributed by atoms with Crippen LogP contribution in [0, 0.1) is 0 Å². The van der Waals surface area contributed by atoms with Crippen LogP contribution >= 0.6 is 0 Å². The average Bonchev–Trinajstić information content (AvgIpc) is 2.27. The maximum absolute atomic E-state index is 11.2. The quantitative estimate of drug-likeness (QED) is 0.665. The molecule has 1 saturated carbocycles. The van der Waals surface area contributed by atoms with Crippen LogP contribution in [0.15, 0.2) is 0 Å². The molecular formula is C9H15NO2. The van der Waals surface area contributed by atoms with Gasteiger partial charge in [-0.2, -0.15) is 0 Å². The molecule has 12 heavy (non-hydrogen) atoms. The van der Waals surface area contributed by atoms with Crippen molar-refractivity contribution in [3.8, 4) is 0 Å². The third-order valence-corrected chi connectivity index (χ3v) is 2.87. The molecule has 0 aromatic heterocycles. The predicted molar refractivity (Wildman–Crippen MR) is 44.8 cm³/mol. The van der Waals surface area contributed by atoms with Gasteiger partial charge < -0.3 is 10.1 Å². The van der Waals surface area contributed by atoms with Gasteiger partial charge in [-0.15, -0.1) is 0 Å². The van der Waals surface area contributed by atoms with Gasteiger partial charge >= 0.3 is 0 Å². The minimum atomic E-state index is -0.0955. The topological polar surface area (TPSA) is 38.3 Å². The van der Waals surface area contributed by atoms with Gasteiger partial charge in [0, 0.05) is 12.6 Å². The molecule has 1 aliphatic carbocycles. The highest BCUT2D eigenvalue weighted by Gasteiger charge is 2.45. The molecule has 1 amide bonds. The van der Waals surface area contributed by atoms with Crippen LogP contribution in [0.2, 0.25) is 0 Å². The fraction of sp³-hybridized carbons (Fsp3) is 0.889. The van der Waals surface area contributed by atoms with Crippen molar-refractivity contribution in [3.63, 3.8) is 0 Å². The van der Waals surface area contributed by atoms with Crippen LogP contribution in [0.1, 0.15) is 32.6 Å². The molecule has 0 aromatic carbocycles. The molecule has 2 aliphatic rings. The predicted octanol–water partition coefficient (Wildman–Crippen LogP) is 0.834. The highest BCUT2D eigenvalue weighted by molar-refractivity contribution is 5.78. The summed E-state index contributed by atoms with van der Waals surface area (Å²) >= 11 is 0. The van der Waals surface area contributed by atoms with Crippen molar-refractivity contribution >= 4 is 5.91 Å². The largest absolute Gasteiger partial charge is 0.375 e. The number of nitrogens with one attached hydrogen (secondary N) is 1. The van der Waals surface area contributed by atoms with Gasteiger partial charge in [0.05, 0.1) is 12.0 Å². The Balaban J connectivity index is 2.10. The Hall–Kier alpha value is -0.570. The lowest BCUT2D eigenvalue weighted by atomic mass is 9.94. The van der Waals surface area contributed by atoms with Crippen LogP contribution in [-0.2, 0) is 9.53 Å². The van der Waals surface area contributed by atoms with Crippen molar-refractivity contribution in [2.45, 2.75) is 44.2 Å². The van der Waals surface area contributed by atoms with Crippen molar-refractivity contribution < 1.29 is 9.53 Å². The summed E-state index contributed by atoms with van der Waals surface area (Å²) in [6, 6.07) is 0.387. The Morgan fingerprint density at radius 2 is 2.58 bits per heavy atom. The summed E-state index contributed by atoms with van der Waals surface area (Å²) in [6.45, 7) is 2.72. The summed E-state index contributed by atoms with van der Waals surface area (Å²) in [4.78, 5) is 11.2. The Morgan fingerprint density at radius 3 is 3.33 bits per heavy atom. The van der Waals surface area contributed by atoms with Gasteiger partial charge in [0.2, 0.25) is 5.91 Å². The van der Waals surface area contributed by atoms with E-state index >= 15 is 0 Å². The highest BCUT2D eigenvalue weighted by Crippen LogP contribution is 2.39. The number of ether oxygens (including phenoxy) is 1. The molecule has 1 unspecified atom stereocenters. The smallest absolute Gasteiger partial charge is 0.223 e. The third kappa shape index (κ3) is 1.22. The van der Waals surface area contributed by atoms with Crippen LogP contribution in [0.3, 0.4) is 0 Å². The van der Waals surface area contributed by atoms with E-state index in [1.807, 2.05) is 6.92 Å². The Morgan fingerprint density at radius 1 is 1.75 bits per heavy atom. The fourth-order valence-electron chi connectivity index (χ4n) is 2.43. The molecular weight excluding hydrogens is 154 g/mol. The monoisotopic (exact) mass is 169 g/mol. The van der Waals surface area contributed by atoms with Gasteiger partial charge in [0.1, 0.15) is 0 Å². The van der Waals surface area contributed by atoms with Crippen molar-refractivity contribution in [3.05, 3.63) is 0 Å². The molecule has 2 fully saturated rings. The summed E-state index contributed by atoms with van der Waals surface area (Å²) in [5.74, 6) is 0.164. The second-order valence-corrected chi connectivity index (χ2v) is 3.80. The van der Waals surface area contributed by atoms with Crippen molar-refractivity contribution in [2.75, 3.05) is 6.61 Å². The Kier molecular flexibility index (Phi) is 1.83. The van der Waals surface area contributed by atoms with Crippen LogP contribution in [-0.4, -0.2) is 24.2 Å². The number of hydrogen-bond acceptors (Lipinski definition) is 2. The molecule has 1 saturated heterocycles. The lowest BCUT2D eigenvalue weighted by Crippen LogP contribution is -2.46. The zero-order valence-corrected chi connectivity index (χ0v) is 7.43. The summed E-state index contributed by atoms with van der Waals surface area (Å²) in [6.07, 6.45) is 3.72. The van der Waals surface area contributed by atoms with Gasteiger partial charge in [-0.1, -0.05) is 0 Å². The summed E-state index contributed by atoms with van der Waals surface area (Å²) in [5.41, 5.74) is -0.0955. The molecule has 2 rings (SSSR count). The number of hydrogen-bond donors (Lipinski definition) is 1. The molecule has 0 spiro atoms. The average molecular weight is 169 g/mol. The Labute approximate surface area is 72.5 Å². The van der Waals surface area contributed by atoms with E-state index < -0.39 is 0 Å². The van der Waals surface area contributed by atoms with Crippen molar-refractivity contribution in [2.24, 2.45) is 0 Å². The van der Waals surface area contributed by atoms with Crippen LogP contribution < -0.4 is 5.32 Å². The standard InChI is InChI=1S/C9H15NO2/c1-2-12-9-4-3-7(5-9)10-8(11)6-9/h7H,2-6H2,1H3,(H,10,11)/t7-,9?/m0/s1.